The van der Waals surface area contributed by atoms with Crippen molar-refractivity contribution >= 4 is 34.7 Å². The molecule has 0 aliphatic carbocycles. The van der Waals surface area contributed by atoms with Crippen LogP contribution in [0.1, 0.15) is 16.1 Å². The predicted molar refractivity (Wildman–Crippen MR) is 138 cm³/mol. The number of nitrogens with zero attached hydrogens (tertiary/aromatic N) is 5. The summed E-state index contributed by atoms with van der Waals surface area (Å²) in [5.74, 6) is 0.568. The number of allylic oxidation sites excluding steroid dienone is 1. The Bertz CT molecular complexity index is 1410. The molecule has 0 saturated heterocycles. The highest BCUT2D eigenvalue weighted by Crippen LogP contribution is 2.31. The number of para-hydroxylation sites is 1. The van der Waals surface area contributed by atoms with E-state index in [0.29, 0.717) is 17.4 Å². The van der Waals surface area contributed by atoms with Gasteiger partial charge in [0, 0.05) is 29.4 Å². The first-order valence-electron chi connectivity index (χ1n) is 10.7. The van der Waals surface area contributed by atoms with E-state index in [1.54, 1.807) is 29.1 Å². The highest BCUT2D eigenvalue weighted by molar-refractivity contribution is 7.99. The van der Waals surface area contributed by atoms with E-state index in [0.717, 1.165) is 17.1 Å². The Hall–Kier alpha value is -3.37. The number of benzene rings is 1. The predicted octanol–water partition coefficient (Wildman–Crippen LogP) is 4.34. The first-order valence-corrected chi connectivity index (χ1v) is 12.6. The Morgan fingerprint density at radius 3 is 2.59 bits per heavy atom. The van der Waals surface area contributed by atoms with Crippen LogP contribution in [-0.4, -0.2) is 35.8 Å². The third-order valence-corrected chi connectivity index (χ3v) is 7.69. The van der Waals surface area contributed by atoms with Crippen LogP contribution in [-0.2, 0) is 18.4 Å². The maximum Gasteiger partial charge on any atom is 0.295 e. The molecular formula is C24H26N6O2S2. The lowest BCUT2D eigenvalue weighted by Crippen LogP contribution is -2.23. The zero-order valence-electron chi connectivity index (χ0n) is 19.5. The second-order valence-corrected chi connectivity index (χ2v) is 9.84. The minimum atomic E-state index is -0.284. The summed E-state index contributed by atoms with van der Waals surface area (Å²) in [6, 6.07) is 9.32. The van der Waals surface area contributed by atoms with Crippen molar-refractivity contribution in [3.05, 3.63) is 74.9 Å². The largest absolute Gasteiger partial charge is 0.319 e. The van der Waals surface area contributed by atoms with E-state index >= 15 is 0 Å². The molecular weight excluding hydrogens is 468 g/mol. The summed E-state index contributed by atoms with van der Waals surface area (Å²) in [4.78, 5) is 27.1. The third kappa shape index (κ3) is 4.38. The number of aryl methyl sites for hydroxylation is 1. The van der Waals surface area contributed by atoms with Gasteiger partial charge >= 0.3 is 0 Å². The van der Waals surface area contributed by atoms with Gasteiger partial charge in [0.2, 0.25) is 5.91 Å². The number of amides is 1. The number of anilines is 1. The zero-order valence-corrected chi connectivity index (χ0v) is 21.2. The van der Waals surface area contributed by atoms with E-state index in [4.69, 9.17) is 0 Å². The molecule has 1 N–H and O–H groups in total. The van der Waals surface area contributed by atoms with Gasteiger partial charge in [0.25, 0.3) is 5.56 Å². The summed E-state index contributed by atoms with van der Waals surface area (Å²) >= 11 is 2.95. The third-order valence-electron chi connectivity index (χ3n) is 5.71. The summed E-state index contributed by atoms with van der Waals surface area (Å²) in [6.07, 6.45) is 1.78. The number of thioether (sulfide) groups is 1. The molecule has 0 atom stereocenters. The maximum absolute atomic E-state index is 13.0. The van der Waals surface area contributed by atoms with E-state index < -0.39 is 0 Å². The SMILES string of the molecule is C=CCn1c(SCC(=O)Nc2c(C)n(C)n(-c3ccccc3)c2=O)nnc1-c1csc(C)c1C. The summed E-state index contributed by atoms with van der Waals surface area (Å²) in [7, 11) is 1.79. The first kappa shape index (κ1) is 23.8. The summed E-state index contributed by atoms with van der Waals surface area (Å²) in [5, 5.41) is 14.2. The van der Waals surface area contributed by atoms with Gasteiger partial charge in [0.05, 0.1) is 17.1 Å². The van der Waals surface area contributed by atoms with Gasteiger partial charge in [0.1, 0.15) is 5.69 Å². The van der Waals surface area contributed by atoms with Crippen LogP contribution in [0.2, 0.25) is 0 Å². The van der Waals surface area contributed by atoms with E-state index in [1.165, 1.54) is 26.9 Å². The van der Waals surface area contributed by atoms with Crippen molar-refractivity contribution < 1.29 is 4.79 Å². The van der Waals surface area contributed by atoms with Crippen LogP contribution in [0, 0.1) is 20.8 Å². The Morgan fingerprint density at radius 1 is 1.21 bits per heavy atom. The molecule has 3 aromatic heterocycles. The van der Waals surface area contributed by atoms with Crippen LogP contribution in [0.4, 0.5) is 5.69 Å². The standard InChI is InChI=1S/C24H26N6O2S2/c1-6-12-29-22(19-13-33-17(4)15(19)2)26-27-24(29)34-14-20(31)25-21-16(3)28(5)30(23(21)32)18-10-8-7-9-11-18/h6-11,13H,1,12,14H2,2-5H3,(H,25,31). The van der Waals surface area contributed by atoms with E-state index in [1.807, 2.05) is 41.8 Å². The van der Waals surface area contributed by atoms with Gasteiger partial charge < -0.3 is 5.32 Å². The fourth-order valence-corrected chi connectivity index (χ4v) is 5.25. The number of hydrogen-bond acceptors (Lipinski definition) is 6. The van der Waals surface area contributed by atoms with Gasteiger partial charge in [-0.25, -0.2) is 4.68 Å². The second kappa shape index (κ2) is 9.86. The average molecular weight is 495 g/mol. The van der Waals surface area contributed by atoms with Gasteiger partial charge in [0.15, 0.2) is 11.0 Å². The molecule has 0 bridgehead atoms. The van der Waals surface area contributed by atoms with Crippen LogP contribution in [0.15, 0.2) is 58.3 Å². The molecule has 0 saturated carbocycles. The van der Waals surface area contributed by atoms with Gasteiger partial charge in [-0.05, 0) is 38.5 Å². The molecule has 0 radical (unpaired) electrons. The van der Waals surface area contributed by atoms with Gasteiger partial charge in [-0.15, -0.1) is 28.1 Å². The molecule has 3 heterocycles. The fraction of sp³-hybridized carbons (Fsp3) is 0.250. The number of aromatic nitrogens is 5. The van der Waals surface area contributed by atoms with Gasteiger partial charge in [-0.1, -0.05) is 36.0 Å². The Morgan fingerprint density at radius 2 is 1.94 bits per heavy atom. The van der Waals surface area contributed by atoms with Gasteiger partial charge in [-0.2, -0.15) is 0 Å². The van der Waals surface area contributed by atoms with Crippen molar-refractivity contribution in [1.29, 1.82) is 0 Å². The topological polar surface area (TPSA) is 86.7 Å². The fourth-order valence-electron chi connectivity index (χ4n) is 3.64. The number of thiophene rings is 1. The Balaban J connectivity index is 1.53. The van der Waals surface area contributed by atoms with Crippen molar-refractivity contribution in [1.82, 2.24) is 24.1 Å². The van der Waals surface area contributed by atoms with Crippen molar-refractivity contribution in [2.24, 2.45) is 7.05 Å². The molecule has 176 valence electrons. The van der Waals surface area contributed by atoms with Crippen LogP contribution in [0.25, 0.3) is 17.1 Å². The molecule has 0 aliphatic heterocycles. The van der Waals surface area contributed by atoms with E-state index in [9.17, 15) is 9.59 Å². The van der Waals surface area contributed by atoms with Gasteiger partial charge in [-0.3, -0.25) is 18.8 Å². The lowest BCUT2D eigenvalue weighted by molar-refractivity contribution is -0.113. The molecule has 10 heteroatoms. The highest BCUT2D eigenvalue weighted by atomic mass is 32.2. The first-order chi connectivity index (χ1) is 16.3. The molecule has 34 heavy (non-hydrogen) atoms. The van der Waals surface area contributed by atoms with Crippen LogP contribution >= 0.6 is 23.1 Å². The summed E-state index contributed by atoms with van der Waals surface area (Å²) in [5.41, 5.74) is 3.62. The van der Waals surface area contributed by atoms with Crippen LogP contribution in [0.5, 0.6) is 0 Å². The highest BCUT2D eigenvalue weighted by Gasteiger charge is 2.20. The lowest BCUT2D eigenvalue weighted by Gasteiger charge is -2.08. The normalized spacial score (nSPS) is 11.1. The maximum atomic E-state index is 13.0. The summed E-state index contributed by atoms with van der Waals surface area (Å²) in [6.45, 7) is 10.3. The molecule has 4 aromatic rings. The van der Waals surface area contributed by atoms with Crippen molar-refractivity contribution in [3.8, 4) is 17.1 Å². The lowest BCUT2D eigenvalue weighted by atomic mass is 10.1. The van der Waals surface area contributed by atoms with Crippen molar-refractivity contribution in [2.45, 2.75) is 32.5 Å². The van der Waals surface area contributed by atoms with Crippen LogP contribution in [0.3, 0.4) is 0 Å². The number of carbonyl (C=O) groups excluding carboxylic acids is 1. The van der Waals surface area contributed by atoms with Crippen molar-refractivity contribution in [3.63, 3.8) is 0 Å². The number of carbonyl (C=O) groups is 1. The smallest absolute Gasteiger partial charge is 0.295 e. The van der Waals surface area contributed by atoms with E-state index in [2.05, 4.69) is 41.3 Å². The van der Waals surface area contributed by atoms with E-state index in [-0.39, 0.29) is 22.9 Å². The average Bonchev–Trinajstić information content (AvgIpc) is 3.44. The molecule has 1 amide bonds. The summed E-state index contributed by atoms with van der Waals surface area (Å²) < 4.78 is 5.23. The van der Waals surface area contributed by atoms with Crippen molar-refractivity contribution in [2.75, 3.05) is 11.1 Å². The Labute approximate surface area is 205 Å². The monoisotopic (exact) mass is 494 g/mol. The minimum Gasteiger partial charge on any atom is -0.319 e. The molecule has 0 spiro atoms. The number of hydrogen-bond donors (Lipinski definition) is 1. The molecule has 4 rings (SSSR count). The number of nitrogens with one attached hydrogen (secondary N) is 1. The van der Waals surface area contributed by atoms with Crippen LogP contribution < -0.4 is 10.9 Å². The molecule has 8 nitrogen and oxygen atoms in total. The molecule has 1 aromatic carbocycles. The quantitative estimate of drug-likeness (QED) is 0.291. The number of rotatable bonds is 8. The Kier molecular flexibility index (Phi) is 6.90. The molecule has 0 unspecified atom stereocenters. The molecule has 0 aliphatic rings. The zero-order chi connectivity index (χ0) is 24.4. The second-order valence-electron chi connectivity index (χ2n) is 7.81. The minimum absolute atomic E-state index is 0.0933. The molecule has 0 fully saturated rings.